The third-order valence-electron chi connectivity index (χ3n) is 2.42. The fourth-order valence-electron chi connectivity index (χ4n) is 1.49. The van der Waals surface area contributed by atoms with E-state index in [1.54, 1.807) is 39.3 Å². The van der Waals surface area contributed by atoms with E-state index in [-0.39, 0.29) is 5.38 Å². The Bertz CT molecular complexity index is 540. The van der Waals surface area contributed by atoms with E-state index in [1.807, 2.05) is 0 Å². The van der Waals surface area contributed by atoms with Crippen molar-refractivity contribution >= 4 is 11.6 Å². The van der Waals surface area contributed by atoms with Crippen LogP contribution < -0.4 is 9.47 Å². The normalized spacial score (nSPS) is 12.2. The van der Waals surface area contributed by atoms with Crippen molar-refractivity contribution in [1.29, 1.82) is 0 Å². The summed E-state index contributed by atoms with van der Waals surface area (Å²) in [7, 11) is 3.17. The molecule has 0 spiro atoms. The summed E-state index contributed by atoms with van der Waals surface area (Å²) >= 11 is 5.88. The number of methoxy groups -OCH3 is 2. The average molecular weight is 269 g/mol. The third kappa shape index (κ3) is 2.41. The molecule has 0 N–H and O–H groups in total. The molecule has 2 rings (SSSR count). The van der Waals surface area contributed by atoms with Gasteiger partial charge in [0.15, 0.2) is 0 Å². The van der Waals surface area contributed by atoms with Gasteiger partial charge in [-0.25, -0.2) is 0 Å². The van der Waals surface area contributed by atoms with Crippen LogP contribution in [0.25, 0.3) is 11.5 Å². The molecular weight excluding hydrogens is 256 g/mol. The maximum absolute atomic E-state index is 5.88. The first kappa shape index (κ1) is 12.7. The van der Waals surface area contributed by atoms with Gasteiger partial charge < -0.3 is 13.9 Å². The maximum Gasteiger partial charge on any atom is 0.251 e. The Balaban J connectivity index is 2.46. The van der Waals surface area contributed by atoms with Crippen molar-refractivity contribution in [3.63, 3.8) is 0 Å². The zero-order valence-corrected chi connectivity index (χ0v) is 11.1. The summed E-state index contributed by atoms with van der Waals surface area (Å²) in [4.78, 5) is 0. The van der Waals surface area contributed by atoms with E-state index in [0.717, 1.165) is 0 Å². The minimum atomic E-state index is -0.331. The van der Waals surface area contributed by atoms with Gasteiger partial charge in [0.25, 0.3) is 5.89 Å². The predicted octanol–water partition coefficient (Wildman–Crippen LogP) is 3.05. The monoisotopic (exact) mass is 268 g/mol. The smallest absolute Gasteiger partial charge is 0.251 e. The molecule has 1 heterocycles. The standard InChI is InChI=1S/C12H13ClN2O3/c1-7(13)11-14-15-12(18-11)9-6-8(16-2)4-5-10(9)17-3/h4-7H,1-3H3. The number of ether oxygens (including phenoxy) is 2. The second kappa shape index (κ2) is 5.27. The lowest BCUT2D eigenvalue weighted by Crippen LogP contribution is -1.90. The van der Waals surface area contributed by atoms with Crippen LogP contribution in [0.2, 0.25) is 0 Å². The predicted molar refractivity (Wildman–Crippen MR) is 67.1 cm³/mol. The molecule has 0 aliphatic heterocycles. The van der Waals surface area contributed by atoms with Crippen LogP contribution in [-0.2, 0) is 0 Å². The summed E-state index contributed by atoms with van der Waals surface area (Å²) in [5.74, 6) is 2.04. The lowest BCUT2D eigenvalue weighted by molar-refractivity contribution is 0.402. The van der Waals surface area contributed by atoms with Crippen molar-refractivity contribution in [3.05, 3.63) is 24.1 Å². The molecule has 0 aliphatic carbocycles. The van der Waals surface area contributed by atoms with Crippen LogP contribution in [0.15, 0.2) is 22.6 Å². The minimum absolute atomic E-state index is 0.331. The molecule has 1 aromatic carbocycles. The van der Waals surface area contributed by atoms with E-state index >= 15 is 0 Å². The zero-order valence-electron chi connectivity index (χ0n) is 10.3. The van der Waals surface area contributed by atoms with Gasteiger partial charge >= 0.3 is 0 Å². The molecule has 6 heteroatoms. The highest BCUT2D eigenvalue weighted by molar-refractivity contribution is 6.20. The first-order chi connectivity index (χ1) is 8.65. The highest BCUT2D eigenvalue weighted by Crippen LogP contribution is 2.33. The Labute approximate surface area is 110 Å². The summed E-state index contributed by atoms with van der Waals surface area (Å²) in [6.07, 6.45) is 0. The second-order valence-electron chi connectivity index (χ2n) is 3.63. The number of nitrogens with zero attached hydrogens (tertiary/aromatic N) is 2. The van der Waals surface area contributed by atoms with Crippen LogP contribution in [0.5, 0.6) is 11.5 Å². The number of rotatable bonds is 4. The summed E-state index contributed by atoms with van der Waals surface area (Å²) in [6.45, 7) is 1.77. The van der Waals surface area contributed by atoms with Gasteiger partial charge in [-0.2, -0.15) is 0 Å². The Morgan fingerprint density at radius 1 is 1.22 bits per heavy atom. The largest absolute Gasteiger partial charge is 0.497 e. The van der Waals surface area contributed by atoms with Crippen LogP contribution in [0.3, 0.4) is 0 Å². The number of hydrogen-bond acceptors (Lipinski definition) is 5. The van der Waals surface area contributed by atoms with Gasteiger partial charge in [0.05, 0.1) is 19.8 Å². The molecule has 0 saturated heterocycles. The number of hydrogen-bond donors (Lipinski definition) is 0. The minimum Gasteiger partial charge on any atom is -0.497 e. The fraction of sp³-hybridized carbons (Fsp3) is 0.333. The van der Waals surface area contributed by atoms with Crippen molar-refractivity contribution in [2.24, 2.45) is 0 Å². The summed E-state index contributed by atoms with van der Waals surface area (Å²) in [5.41, 5.74) is 0.674. The zero-order chi connectivity index (χ0) is 13.1. The van der Waals surface area contributed by atoms with E-state index in [1.165, 1.54) is 0 Å². The molecule has 1 unspecified atom stereocenters. The first-order valence-corrected chi connectivity index (χ1v) is 5.79. The Morgan fingerprint density at radius 3 is 2.56 bits per heavy atom. The van der Waals surface area contributed by atoms with E-state index in [4.69, 9.17) is 25.5 Å². The van der Waals surface area contributed by atoms with Crippen molar-refractivity contribution in [2.45, 2.75) is 12.3 Å². The first-order valence-electron chi connectivity index (χ1n) is 5.35. The van der Waals surface area contributed by atoms with Crippen LogP contribution in [0.1, 0.15) is 18.2 Å². The van der Waals surface area contributed by atoms with Gasteiger partial charge in [0.1, 0.15) is 16.9 Å². The molecule has 0 bridgehead atoms. The molecule has 0 saturated carbocycles. The number of halogens is 1. The lowest BCUT2D eigenvalue weighted by Gasteiger charge is -2.07. The van der Waals surface area contributed by atoms with Crippen LogP contribution in [0.4, 0.5) is 0 Å². The molecule has 0 fully saturated rings. The Hall–Kier alpha value is -1.75. The molecule has 0 radical (unpaired) electrons. The van der Waals surface area contributed by atoms with Gasteiger partial charge in [-0.15, -0.1) is 21.8 Å². The fourth-order valence-corrected chi connectivity index (χ4v) is 1.57. The number of alkyl halides is 1. The molecular formula is C12H13ClN2O3. The third-order valence-corrected chi connectivity index (χ3v) is 2.60. The molecule has 1 aromatic heterocycles. The quantitative estimate of drug-likeness (QED) is 0.798. The van der Waals surface area contributed by atoms with E-state index < -0.39 is 0 Å². The maximum atomic E-state index is 5.88. The van der Waals surface area contributed by atoms with Crippen LogP contribution in [-0.4, -0.2) is 24.4 Å². The molecule has 18 heavy (non-hydrogen) atoms. The van der Waals surface area contributed by atoms with Crippen molar-refractivity contribution in [2.75, 3.05) is 14.2 Å². The molecule has 5 nitrogen and oxygen atoms in total. The van der Waals surface area contributed by atoms with Gasteiger partial charge in [0, 0.05) is 0 Å². The number of aromatic nitrogens is 2. The lowest BCUT2D eigenvalue weighted by atomic mass is 10.2. The molecule has 0 aliphatic rings. The second-order valence-corrected chi connectivity index (χ2v) is 4.28. The Morgan fingerprint density at radius 2 is 2.00 bits per heavy atom. The van der Waals surface area contributed by atoms with Crippen molar-refractivity contribution in [1.82, 2.24) is 10.2 Å². The number of benzene rings is 1. The Kier molecular flexibility index (Phi) is 3.72. The SMILES string of the molecule is COc1ccc(OC)c(-c2nnc(C(C)Cl)o2)c1. The molecule has 96 valence electrons. The topological polar surface area (TPSA) is 57.4 Å². The van der Waals surface area contributed by atoms with Gasteiger partial charge in [0.2, 0.25) is 5.89 Å². The summed E-state index contributed by atoms with van der Waals surface area (Å²) < 4.78 is 15.9. The van der Waals surface area contributed by atoms with Crippen molar-refractivity contribution < 1.29 is 13.9 Å². The average Bonchev–Trinajstić information content (AvgIpc) is 2.87. The molecule has 2 aromatic rings. The highest BCUT2D eigenvalue weighted by Gasteiger charge is 2.16. The van der Waals surface area contributed by atoms with Crippen LogP contribution >= 0.6 is 11.6 Å². The van der Waals surface area contributed by atoms with Crippen LogP contribution in [0, 0.1) is 0 Å². The molecule has 0 amide bonds. The van der Waals surface area contributed by atoms with Crippen molar-refractivity contribution in [3.8, 4) is 23.0 Å². The van der Waals surface area contributed by atoms with E-state index in [9.17, 15) is 0 Å². The summed E-state index contributed by atoms with van der Waals surface area (Å²) in [6, 6.07) is 5.35. The van der Waals surface area contributed by atoms with Gasteiger partial charge in [-0.3, -0.25) is 0 Å². The highest BCUT2D eigenvalue weighted by atomic mass is 35.5. The molecule has 1 atom stereocenters. The van der Waals surface area contributed by atoms with E-state index in [0.29, 0.717) is 28.8 Å². The van der Waals surface area contributed by atoms with E-state index in [2.05, 4.69) is 10.2 Å². The summed E-state index contributed by atoms with van der Waals surface area (Å²) in [5, 5.41) is 7.50. The van der Waals surface area contributed by atoms with Gasteiger partial charge in [-0.05, 0) is 25.1 Å². The van der Waals surface area contributed by atoms with Gasteiger partial charge in [-0.1, -0.05) is 0 Å².